The molecule has 1 aliphatic heterocycles. The average Bonchev–Trinajstić information content (AvgIpc) is 2.64. The van der Waals surface area contributed by atoms with Crippen LogP contribution in [0.1, 0.15) is 13.3 Å². The average molecular weight is 261 g/mol. The lowest BCUT2D eigenvalue weighted by Crippen LogP contribution is -2.35. The number of methoxy groups -OCH3 is 2. The summed E-state index contributed by atoms with van der Waals surface area (Å²) in [7, 11) is 3.11. The van der Waals surface area contributed by atoms with E-state index in [0.29, 0.717) is 25.3 Å². The highest BCUT2D eigenvalue weighted by Gasteiger charge is 2.31. The third-order valence-electron chi connectivity index (χ3n) is 2.71. The van der Waals surface area contributed by atoms with Crippen LogP contribution in [0.4, 0.5) is 0 Å². The molecule has 17 heavy (non-hydrogen) atoms. The largest absolute Gasteiger partial charge is 0.354 e. The molecule has 1 atom stereocenters. The van der Waals surface area contributed by atoms with Gasteiger partial charge in [-0.05, 0) is 5.92 Å². The summed E-state index contributed by atoms with van der Waals surface area (Å²) >= 11 is 1.28. The van der Waals surface area contributed by atoms with Crippen molar-refractivity contribution in [2.75, 3.05) is 33.1 Å². The first kappa shape index (κ1) is 14.5. The van der Waals surface area contributed by atoms with Crippen molar-refractivity contribution < 1.29 is 19.1 Å². The molecule has 0 aliphatic carbocycles. The van der Waals surface area contributed by atoms with Gasteiger partial charge in [-0.3, -0.25) is 9.59 Å². The first-order valence-corrected chi connectivity index (χ1v) is 6.52. The normalized spacial score (nSPS) is 20.4. The van der Waals surface area contributed by atoms with Crippen molar-refractivity contribution in [3.8, 4) is 0 Å². The summed E-state index contributed by atoms with van der Waals surface area (Å²) in [5.41, 5.74) is 0. The minimum Gasteiger partial charge on any atom is -0.354 e. The topological polar surface area (TPSA) is 55.8 Å². The zero-order valence-corrected chi connectivity index (χ0v) is 11.3. The number of carbonyl (C=O) groups is 2. The van der Waals surface area contributed by atoms with Gasteiger partial charge in [0.25, 0.3) is 0 Å². The predicted octanol–water partition coefficient (Wildman–Crippen LogP) is 0.734. The molecule has 1 amide bonds. The van der Waals surface area contributed by atoms with Crippen molar-refractivity contribution in [3.05, 3.63) is 0 Å². The number of rotatable bonds is 6. The number of hydrogen-bond donors (Lipinski definition) is 0. The SMILES string of the molecule is COC(CN1CC(CSC(C)=O)CC1=O)OC. The van der Waals surface area contributed by atoms with E-state index >= 15 is 0 Å². The molecule has 0 bridgehead atoms. The third kappa shape index (κ3) is 4.65. The Hall–Kier alpha value is -0.590. The molecular formula is C11H19NO4S. The van der Waals surface area contributed by atoms with Crippen molar-refractivity contribution in [2.45, 2.75) is 19.6 Å². The van der Waals surface area contributed by atoms with Crippen molar-refractivity contribution >= 4 is 22.8 Å². The second-order valence-electron chi connectivity index (χ2n) is 4.07. The molecule has 1 fully saturated rings. The number of ether oxygens (including phenoxy) is 2. The van der Waals surface area contributed by atoms with Gasteiger partial charge >= 0.3 is 0 Å². The van der Waals surface area contributed by atoms with Gasteiger partial charge in [0.1, 0.15) is 0 Å². The first-order valence-electron chi connectivity index (χ1n) is 5.53. The fourth-order valence-electron chi connectivity index (χ4n) is 1.80. The van der Waals surface area contributed by atoms with Gasteiger partial charge in [0.2, 0.25) is 5.91 Å². The number of carbonyl (C=O) groups excluding carboxylic acids is 2. The molecule has 1 saturated heterocycles. The van der Waals surface area contributed by atoms with Crippen LogP contribution in [0.3, 0.4) is 0 Å². The molecule has 0 spiro atoms. The Bertz CT molecular complexity index is 281. The van der Waals surface area contributed by atoms with Gasteiger partial charge in [-0.25, -0.2) is 0 Å². The van der Waals surface area contributed by atoms with E-state index in [0.717, 1.165) is 0 Å². The summed E-state index contributed by atoms with van der Waals surface area (Å²) in [4.78, 5) is 24.3. The van der Waals surface area contributed by atoms with Crippen LogP contribution in [0.15, 0.2) is 0 Å². The van der Waals surface area contributed by atoms with Crippen molar-refractivity contribution in [1.82, 2.24) is 4.90 Å². The Morgan fingerprint density at radius 1 is 1.53 bits per heavy atom. The molecule has 98 valence electrons. The van der Waals surface area contributed by atoms with Crippen LogP contribution in [0, 0.1) is 5.92 Å². The maximum Gasteiger partial charge on any atom is 0.223 e. The van der Waals surface area contributed by atoms with Crippen LogP contribution in [-0.2, 0) is 19.1 Å². The van der Waals surface area contributed by atoms with Gasteiger partial charge in [0.15, 0.2) is 11.4 Å². The lowest BCUT2D eigenvalue weighted by molar-refractivity contribution is -0.141. The molecular weight excluding hydrogens is 242 g/mol. The summed E-state index contributed by atoms with van der Waals surface area (Å²) in [6, 6.07) is 0. The maximum absolute atomic E-state index is 11.7. The van der Waals surface area contributed by atoms with E-state index in [-0.39, 0.29) is 23.2 Å². The fourth-order valence-corrected chi connectivity index (χ4v) is 2.50. The lowest BCUT2D eigenvalue weighted by atomic mass is 10.1. The zero-order valence-electron chi connectivity index (χ0n) is 10.5. The van der Waals surface area contributed by atoms with E-state index in [2.05, 4.69) is 0 Å². The van der Waals surface area contributed by atoms with Crippen molar-refractivity contribution in [3.63, 3.8) is 0 Å². The zero-order chi connectivity index (χ0) is 12.8. The summed E-state index contributed by atoms with van der Waals surface area (Å²) in [5.74, 6) is 1.08. The second kappa shape index (κ2) is 6.98. The minimum atomic E-state index is -0.377. The molecule has 1 unspecified atom stereocenters. The maximum atomic E-state index is 11.7. The van der Waals surface area contributed by atoms with Gasteiger partial charge in [-0.15, -0.1) is 0 Å². The van der Waals surface area contributed by atoms with Gasteiger partial charge in [-0.1, -0.05) is 11.8 Å². The molecule has 1 heterocycles. The first-order chi connectivity index (χ1) is 8.06. The van der Waals surface area contributed by atoms with Gasteiger partial charge in [0, 0.05) is 39.9 Å². The van der Waals surface area contributed by atoms with Gasteiger partial charge < -0.3 is 14.4 Å². The van der Waals surface area contributed by atoms with Crippen LogP contribution < -0.4 is 0 Å². The predicted molar refractivity (Wildman–Crippen MR) is 65.6 cm³/mol. The molecule has 1 rings (SSSR count). The van der Waals surface area contributed by atoms with Crippen LogP contribution in [0.5, 0.6) is 0 Å². The van der Waals surface area contributed by atoms with Gasteiger partial charge in [0.05, 0.1) is 6.54 Å². The number of thioether (sulfide) groups is 1. The van der Waals surface area contributed by atoms with Crippen LogP contribution >= 0.6 is 11.8 Å². The highest BCUT2D eigenvalue weighted by atomic mass is 32.2. The Balaban J connectivity index is 2.38. The highest BCUT2D eigenvalue weighted by Crippen LogP contribution is 2.22. The molecule has 0 aromatic rings. The summed E-state index contributed by atoms with van der Waals surface area (Å²) in [5, 5.41) is 0.0996. The molecule has 0 saturated carbocycles. The number of nitrogens with zero attached hydrogens (tertiary/aromatic N) is 1. The van der Waals surface area contributed by atoms with Crippen LogP contribution in [-0.4, -0.2) is 55.3 Å². The fraction of sp³-hybridized carbons (Fsp3) is 0.818. The monoisotopic (exact) mass is 261 g/mol. The quantitative estimate of drug-likeness (QED) is 0.660. The van der Waals surface area contributed by atoms with Crippen LogP contribution in [0.2, 0.25) is 0 Å². The molecule has 5 nitrogen and oxygen atoms in total. The van der Waals surface area contributed by atoms with E-state index < -0.39 is 0 Å². The molecule has 0 N–H and O–H groups in total. The standard InChI is InChI=1S/C11H19NO4S/c1-8(13)17-7-9-4-10(14)12(5-9)6-11(15-2)16-3/h9,11H,4-7H2,1-3H3. The Morgan fingerprint density at radius 3 is 2.71 bits per heavy atom. The van der Waals surface area contributed by atoms with Crippen LogP contribution in [0.25, 0.3) is 0 Å². The molecule has 0 aromatic carbocycles. The number of amides is 1. The van der Waals surface area contributed by atoms with Crippen molar-refractivity contribution in [1.29, 1.82) is 0 Å². The van der Waals surface area contributed by atoms with E-state index in [1.807, 2.05) is 0 Å². The van der Waals surface area contributed by atoms with E-state index in [4.69, 9.17) is 9.47 Å². The molecule has 6 heteroatoms. The Morgan fingerprint density at radius 2 is 2.18 bits per heavy atom. The van der Waals surface area contributed by atoms with E-state index in [9.17, 15) is 9.59 Å². The van der Waals surface area contributed by atoms with E-state index in [1.54, 1.807) is 26.0 Å². The summed E-state index contributed by atoms with van der Waals surface area (Å²) in [6.07, 6.45) is 0.138. The Kier molecular flexibility index (Phi) is 5.94. The smallest absolute Gasteiger partial charge is 0.223 e. The lowest BCUT2D eigenvalue weighted by Gasteiger charge is -2.21. The molecule has 0 aromatic heterocycles. The third-order valence-corrected chi connectivity index (χ3v) is 3.76. The molecule has 1 aliphatic rings. The summed E-state index contributed by atoms with van der Waals surface area (Å²) in [6.45, 7) is 2.68. The van der Waals surface area contributed by atoms with Gasteiger partial charge in [-0.2, -0.15) is 0 Å². The summed E-state index contributed by atoms with van der Waals surface area (Å²) < 4.78 is 10.1. The Labute approximate surface area is 106 Å². The highest BCUT2D eigenvalue weighted by molar-refractivity contribution is 8.13. The number of likely N-dealkylation sites (tertiary alicyclic amines) is 1. The van der Waals surface area contributed by atoms with E-state index in [1.165, 1.54) is 11.8 Å². The number of hydrogen-bond acceptors (Lipinski definition) is 5. The van der Waals surface area contributed by atoms with Crippen molar-refractivity contribution in [2.24, 2.45) is 5.92 Å². The second-order valence-corrected chi connectivity index (χ2v) is 5.27. The minimum absolute atomic E-state index is 0.0996. The molecule has 0 radical (unpaired) electrons.